The van der Waals surface area contributed by atoms with E-state index in [1.807, 2.05) is 0 Å². The molecular weight excluding hydrogens is 240 g/mol. The van der Waals surface area contributed by atoms with Crippen molar-refractivity contribution in [3.05, 3.63) is 6.33 Å². The number of hydrogen-bond donors (Lipinski definition) is 1. The van der Waals surface area contributed by atoms with Crippen molar-refractivity contribution < 1.29 is 4.74 Å². The molecule has 0 amide bonds. The molecule has 5 heteroatoms. The van der Waals surface area contributed by atoms with E-state index in [1.54, 1.807) is 7.11 Å². The minimum absolute atomic E-state index is 0.416. The van der Waals surface area contributed by atoms with Gasteiger partial charge in [0, 0.05) is 12.6 Å². The monoisotopic (exact) mass is 264 g/mol. The van der Waals surface area contributed by atoms with Crippen LogP contribution in [0.1, 0.15) is 39.5 Å². The normalized spacial score (nSPS) is 16.0. The number of rotatable bonds is 5. The van der Waals surface area contributed by atoms with Crippen molar-refractivity contribution >= 4 is 11.6 Å². The Morgan fingerprint density at radius 1 is 1.37 bits per heavy atom. The van der Waals surface area contributed by atoms with E-state index in [9.17, 15) is 0 Å². The lowest BCUT2D eigenvalue weighted by atomic mass is 10.1. The van der Waals surface area contributed by atoms with Gasteiger partial charge in [0.1, 0.15) is 6.33 Å². The molecule has 1 fully saturated rings. The van der Waals surface area contributed by atoms with Crippen molar-refractivity contribution in [1.82, 2.24) is 9.97 Å². The van der Waals surface area contributed by atoms with Gasteiger partial charge in [-0.25, -0.2) is 9.97 Å². The quantitative estimate of drug-likeness (QED) is 0.885. The average molecular weight is 264 g/mol. The molecule has 1 aliphatic rings. The lowest BCUT2D eigenvalue weighted by molar-refractivity contribution is 0.408. The molecule has 5 nitrogen and oxygen atoms in total. The molecule has 106 valence electrons. The Morgan fingerprint density at radius 3 is 2.63 bits per heavy atom. The van der Waals surface area contributed by atoms with Crippen molar-refractivity contribution in [3.8, 4) is 5.75 Å². The van der Waals surface area contributed by atoms with E-state index in [-0.39, 0.29) is 0 Å². The maximum Gasteiger partial charge on any atom is 0.204 e. The number of methoxy groups -OCH3 is 1. The van der Waals surface area contributed by atoms with Crippen LogP contribution in [-0.2, 0) is 0 Å². The van der Waals surface area contributed by atoms with Gasteiger partial charge in [0.25, 0.3) is 0 Å². The van der Waals surface area contributed by atoms with Crippen LogP contribution in [0.15, 0.2) is 6.33 Å². The third-order valence-electron chi connectivity index (χ3n) is 3.62. The van der Waals surface area contributed by atoms with Gasteiger partial charge in [-0.15, -0.1) is 0 Å². The van der Waals surface area contributed by atoms with Crippen LogP contribution in [0.25, 0.3) is 0 Å². The summed E-state index contributed by atoms with van der Waals surface area (Å²) in [5.41, 5.74) is 5.90. The first kappa shape index (κ1) is 13.9. The van der Waals surface area contributed by atoms with Gasteiger partial charge in [-0.1, -0.05) is 26.7 Å². The Labute approximate surface area is 115 Å². The zero-order valence-corrected chi connectivity index (χ0v) is 12.1. The maximum atomic E-state index is 5.90. The van der Waals surface area contributed by atoms with Gasteiger partial charge >= 0.3 is 0 Å². The molecule has 0 unspecified atom stereocenters. The van der Waals surface area contributed by atoms with Crippen LogP contribution in [0.5, 0.6) is 5.75 Å². The molecule has 1 aromatic rings. The zero-order valence-electron chi connectivity index (χ0n) is 12.1. The molecule has 0 aromatic carbocycles. The molecule has 1 heterocycles. The van der Waals surface area contributed by atoms with E-state index < -0.39 is 0 Å². The highest BCUT2D eigenvalue weighted by Crippen LogP contribution is 2.35. The minimum Gasteiger partial charge on any atom is -0.490 e. The van der Waals surface area contributed by atoms with Crippen LogP contribution in [0.4, 0.5) is 11.6 Å². The largest absolute Gasteiger partial charge is 0.490 e. The molecule has 0 spiro atoms. The van der Waals surface area contributed by atoms with Gasteiger partial charge in [-0.3, -0.25) is 0 Å². The summed E-state index contributed by atoms with van der Waals surface area (Å²) in [7, 11) is 1.63. The van der Waals surface area contributed by atoms with Crippen LogP contribution >= 0.6 is 0 Å². The smallest absolute Gasteiger partial charge is 0.204 e. The van der Waals surface area contributed by atoms with Crippen molar-refractivity contribution in [3.63, 3.8) is 0 Å². The molecule has 0 bridgehead atoms. The lowest BCUT2D eigenvalue weighted by Gasteiger charge is -2.32. The van der Waals surface area contributed by atoms with E-state index in [0.29, 0.717) is 23.5 Å². The molecular formula is C14H24N4O. The van der Waals surface area contributed by atoms with Gasteiger partial charge in [0.15, 0.2) is 11.6 Å². The fourth-order valence-electron chi connectivity index (χ4n) is 2.80. The van der Waals surface area contributed by atoms with Gasteiger partial charge in [0.05, 0.1) is 7.11 Å². The zero-order chi connectivity index (χ0) is 13.8. The first-order valence-electron chi connectivity index (χ1n) is 7.04. The number of anilines is 2. The fraction of sp³-hybridized carbons (Fsp3) is 0.714. The molecule has 0 radical (unpaired) electrons. The number of nitrogen functional groups attached to an aromatic ring is 1. The van der Waals surface area contributed by atoms with Crippen LogP contribution in [0, 0.1) is 5.92 Å². The summed E-state index contributed by atoms with van der Waals surface area (Å²) in [5.74, 6) is 2.44. The number of nitrogens with two attached hydrogens (primary N) is 1. The molecule has 0 saturated heterocycles. The van der Waals surface area contributed by atoms with Gasteiger partial charge < -0.3 is 15.4 Å². The van der Waals surface area contributed by atoms with Crippen molar-refractivity contribution in [2.75, 3.05) is 24.3 Å². The van der Waals surface area contributed by atoms with E-state index in [4.69, 9.17) is 10.5 Å². The number of aromatic nitrogens is 2. The Kier molecular flexibility index (Phi) is 4.45. The van der Waals surface area contributed by atoms with E-state index in [1.165, 1.54) is 32.0 Å². The molecule has 0 aliphatic heterocycles. The summed E-state index contributed by atoms with van der Waals surface area (Å²) in [4.78, 5) is 10.8. The van der Waals surface area contributed by atoms with Crippen molar-refractivity contribution in [1.29, 1.82) is 0 Å². The highest BCUT2D eigenvalue weighted by Gasteiger charge is 2.27. The SMILES string of the molecule is COc1c(N)ncnc1N(CC(C)C)C1CCCC1. The third kappa shape index (κ3) is 3.08. The van der Waals surface area contributed by atoms with Gasteiger partial charge in [0.2, 0.25) is 5.75 Å². The Balaban J connectivity index is 2.33. The summed E-state index contributed by atoms with van der Waals surface area (Å²) in [6.07, 6.45) is 6.55. The minimum atomic E-state index is 0.416. The topological polar surface area (TPSA) is 64.3 Å². The predicted octanol–water partition coefficient (Wildman–Crippen LogP) is 2.47. The van der Waals surface area contributed by atoms with E-state index in [2.05, 4.69) is 28.7 Å². The molecule has 2 rings (SSSR count). The first-order chi connectivity index (χ1) is 9.13. The summed E-state index contributed by atoms with van der Waals surface area (Å²) < 4.78 is 5.41. The molecule has 1 aromatic heterocycles. The van der Waals surface area contributed by atoms with E-state index >= 15 is 0 Å². The fourth-order valence-corrected chi connectivity index (χ4v) is 2.80. The van der Waals surface area contributed by atoms with Crippen LogP contribution < -0.4 is 15.4 Å². The molecule has 2 N–H and O–H groups in total. The standard InChI is InChI=1S/C14H24N4O/c1-10(2)8-18(11-6-4-5-7-11)14-12(19-3)13(15)16-9-17-14/h9-11H,4-8H2,1-3H3,(H2,15,16,17). The summed E-state index contributed by atoms with van der Waals surface area (Å²) >= 11 is 0. The average Bonchev–Trinajstić information content (AvgIpc) is 2.89. The Morgan fingerprint density at radius 2 is 2.05 bits per heavy atom. The number of ether oxygens (including phenoxy) is 1. The van der Waals surface area contributed by atoms with E-state index in [0.717, 1.165) is 12.4 Å². The highest BCUT2D eigenvalue weighted by atomic mass is 16.5. The highest BCUT2D eigenvalue weighted by molar-refractivity contribution is 5.63. The second-order valence-electron chi connectivity index (χ2n) is 5.60. The number of hydrogen-bond acceptors (Lipinski definition) is 5. The molecule has 19 heavy (non-hydrogen) atoms. The number of nitrogens with zero attached hydrogens (tertiary/aromatic N) is 3. The summed E-state index contributed by atoms with van der Waals surface area (Å²) in [5, 5.41) is 0. The van der Waals surface area contributed by atoms with Gasteiger partial charge in [-0.2, -0.15) is 0 Å². The van der Waals surface area contributed by atoms with Crippen molar-refractivity contribution in [2.24, 2.45) is 5.92 Å². The van der Waals surface area contributed by atoms with Crippen LogP contribution in [-0.4, -0.2) is 29.7 Å². The lowest BCUT2D eigenvalue weighted by Crippen LogP contribution is -2.37. The van der Waals surface area contributed by atoms with Crippen LogP contribution in [0.3, 0.4) is 0 Å². The van der Waals surface area contributed by atoms with Gasteiger partial charge in [-0.05, 0) is 18.8 Å². The predicted molar refractivity (Wildman–Crippen MR) is 77.4 cm³/mol. The molecule has 1 aliphatic carbocycles. The molecule has 0 atom stereocenters. The Hall–Kier alpha value is -1.52. The first-order valence-corrected chi connectivity index (χ1v) is 7.04. The third-order valence-corrected chi connectivity index (χ3v) is 3.62. The second kappa shape index (κ2) is 6.08. The second-order valence-corrected chi connectivity index (χ2v) is 5.60. The van der Waals surface area contributed by atoms with Crippen molar-refractivity contribution in [2.45, 2.75) is 45.6 Å². The summed E-state index contributed by atoms with van der Waals surface area (Å²) in [6.45, 7) is 5.41. The van der Waals surface area contributed by atoms with Crippen LogP contribution in [0.2, 0.25) is 0 Å². The maximum absolute atomic E-state index is 5.90. The summed E-state index contributed by atoms with van der Waals surface area (Å²) in [6, 6.07) is 0.547. The Bertz CT molecular complexity index is 416. The molecule has 1 saturated carbocycles.